The lowest BCUT2D eigenvalue weighted by Crippen LogP contribution is -2.42. The molecule has 2 atom stereocenters. The molecule has 0 bridgehead atoms. The van der Waals surface area contributed by atoms with Crippen molar-refractivity contribution in [1.82, 2.24) is 5.32 Å². The van der Waals surface area contributed by atoms with Gasteiger partial charge in [0.15, 0.2) is 0 Å². The summed E-state index contributed by atoms with van der Waals surface area (Å²) in [4.78, 5) is 0. The van der Waals surface area contributed by atoms with Crippen LogP contribution in [0.5, 0.6) is 0 Å². The molecule has 0 saturated carbocycles. The maximum Gasteiger partial charge on any atom is 0.125 e. The fourth-order valence-electron chi connectivity index (χ4n) is 2.92. The minimum absolute atomic E-state index is 0.176. The third-order valence-corrected chi connectivity index (χ3v) is 3.94. The third kappa shape index (κ3) is 3.29. The van der Waals surface area contributed by atoms with Crippen LogP contribution in [0.15, 0.2) is 24.3 Å². The van der Waals surface area contributed by atoms with E-state index in [9.17, 15) is 4.39 Å². The van der Waals surface area contributed by atoms with Crippen LogP contribution in [0.25, 0.3) is 0 Å². The quantitative estimate of drug-likeness (QED) is 0.883. The first-order valence-corrected chi connectivity index (χ1v) is 7.18. The van der Waals surface area contributed by atoms with Gasteiger partial charge in [0.25, 0.3) is 0 Å². The Morgan fingerprint density at radius 2 is 2.40 bits per heavy atom. The zero-order valence-corrected chi connectivity index (χ0v) is 11.5. The fraction of sp³-hybridized carbons (Fsp3) is 0.600. The molecule has 2 unspecified atom stereocenters. The minimum Gasteiger partial charge on any atom is -0.385 e. The lowest BCUT2D eigenvalue weighted by molar-refractivity contribution is -0.0471. The van der Waals surface area contributed by atoms with Crippen molar-refractivity contribution in [3.05, 3.63) is 30.1 Å². The molecule has 2 aliphatic heterocycles. The van der Waals surface area contributed by atoms with Gasteiger partial charge in [0.05, 0.1) is 19.8 Å². The number of anilines is 1. The van der Waals surface area contributed by atoms with E-state index in [1.807, 2.05) is 6.07 Å². The fourth-order valence-corrected chi connectivity index (χ4v) is 2.92. The van der Waals surface area contributed by atoms with Gasteiger partial charge >= 0.3 is 0 Å². The van der Waals surface area contributed by atoms with E-state index in [0.717, 1.165) is 45.0 Å². The number of rotatable bonds is 3. The van der Waals surface area contributed by atoms with E-state index < -0.39 is 0 Å². The molecule has 1 spiro atoms. The lowest BCUT2D eigenvalue weighted by Gasteiger charge is -2.25. The number of halogens is 1. The van der Waals surface area contributed by atoms with Crippen LogP contribution in [0.2, 0.25) is 0 Å². The van der Waals surface area contributed by atoms with Crippen molar-refractivity contribution < 1.29 is 13.9 Å². The van der Waals surface area contributed by atoms with E-state index >= 15 is 0 Å². The molecular weight excluding hydrogens is 259 g/mol. The molecule has 20 heavy (non-hydrogen) atoms. The smallest absolute Gasteiger partial charge is 0.125 e. The molecule has 0 radical (unpaired) electrons. The summed E-state index contributed by atoms with van der Waals surface area (Å²) < 4.78 is 24.7. The highest BCUT2D eigenvalue weighted by Gasteiger charge is 2.41. The molecule has 2 saturated heterocycles. The molecule has 0 aliphatic carbocycles. The molecule has 1 aromatic rings. The number of hydrogen-bond donors (Lipinski definition) is 2. The van der Waals surface area contributed by atoms with Crippen molar-refractivity contribution in [3.63, 3.8) is 0 Å². The third-order valence-electron chi connectivity index (χ3n) is 3.94. The second-order valence-corrected chi connectivity index (χ2v) is 5.68. The Morgan fingerprint density at radius 3 is 3.30 bits per heavy atom. The van der Waals surface area contributed by atoms with Crippen molar-refractivity contribution >= 4 is 5.69 Å². The molecule has 2 heterocycles. The van der Waals surface area contributed by atoms with Crippen molar-refractivity contribution in [1.29, 1.82) is 0 Å². The highest BCUT2D eigenvalue weighted by atomic mass is 19.1. The molecule has 2 aliphatic rings. The minimum atomic E-state index is -0.212. The standard InChI is InChI=1S/C15H21FN2O2/c16-13-2-1-3-14(6-13)18-8-12-7-15(20-9-12)10-17-4-5-19-11-15/h1-3,6,12,17-18H,4-5,7-11H2. The average molecular weight is 280 g/mol. The number of ether oxygens (including phenoxy) is 2. The van der Waals surface area contributed by atoms with Gasteiger partial charge in [-0.25, -0.2) is 4.39 Å². The Balaban J connectivity index is 1.52. The first kappa shape index (κ1) is 13.8. The first-order chi connectivity index (χ1) is 9.76. The van der Waals surface area contributed by atoms with E-state index in [0.29, 0.717) is 12.5 Å². The van der Waals surface area contributed by atoms with Gasteiger partial charge in [0.2, 0.25) is 0 Å². The molecular formula is C15H21FN2O2. The highest BCUT2D eigenvalue weighted by Crippen LogP contribution is 2.31. The van der Waals surface area contributed by atoms with Crippen LogP contribution in [0.1, 0.15) is 6.42 Å². The number of nitrogens with one attached hydrogen (secondary N) is 2. The molecule has 110 valence electrons. The Labute approximate surface area is 118 Å². The Morgan fingerprint density at radius 1 is 1.45 bits per heavy atom. The van der Waals surface area contributed by atoms with E-state index in [2.05, 4.69) is 10.6 Å². The molecule has 4 nitrogen and oxygen atoms in total. The summed E-state index contributed by atoms with van der Waals surface area (Å²) >= 11 is 0. The second kappa shape index (κ2) is 6.08. The molecule has 3 rings (SSSR count). The van der Waals surface area contributed by atoms with Crippen molar-refractivity contribution in [2.45, 2.75) is 12.0 Å². The summed E-state index contributed by atoms with van der Waals surface area (Å²) in [7, 11) is 0. The van der Waals surface area contributed by atoms with Crippen LogP contribution in [-0.2, 0) is 9.47 Å². The summed E-state index contributed by atoms with van der Waals surface area (Å²) in [6, 6.07) is 6.56. The zero-order chi connectivity index (χ0) is 13.8. The summed E-state index contributed by atoms with van der Waals surface area (Å²) in [6.07, 6.45) is 0.975. The van der Waals surface area contributed by atoms with Gasteiger partial charge in [0.1, 0.15) is 11.4 Å². The molecule has 5 heteroatoms. The van der Waals surface area contributed by atoms with Gasteiger partial charge in [-0.1, -0.05) is 6.07 Å². The second-order valence-electron chi connectivity index (χ2n) is 5.68. The zero-order valence-electron chi connectivity index (χ0n) is 11.5. The topological polar surface area (TPSA) is 42.5 Å². The van der Waals surface area contributed by atoms with Gasteiger partial charge in [-0.2, -0.15) is 0 Å². The van der Waals surface area contributed by atoms with Gasteiger partial charge in [-0.3, -0.25) is 0 Å². The monoisotopic (exact) mass is 280 g/mol. The number of hydrogen-bond acceptors (Lipinski definition) is 4. The normalized spacial score (nSPS) is 30.4. The van der Waals surface area contributed by atoms with Crippen LogP contribution in [0, 0.1) is 11.7 Å². The van der Waals surface area contributed by atoms with Gasteiger partial charge in [0, 0.05) is 31.2 Å². The maximum absolute atomic E-state index is 13.1. The van der Waals surface area contributed by atoms with E-state index in [1.54, 1.807) is 6.07 Å². The summed E-state index contributed by atoms with van der Waals surface area (Å²) in [5, 5.41) is 6.65. The Kier molecular flexibility index (Phi) is 4.19. The first-order valence-electron chi connectivity index (χ1n) is 7.18. The van der Waals surface area contributed by atoms with Crippen LogP contribution in [-0.4, -0.2) is 45.1 Å². The molecule has 2 fully saturated rings. The van der Waals surface area contributed by atoms with E-state index in [4.69, 9.17) is 9.47 Å². The van der Waals surface area contributed by atoms with Crippen LogP contribution < -0.4 is 10.6 Å². The predicted molar refractivity (Wildman–Crippen MR) is 75.4 cm³/mol. The average Bonchev–Trinajstić information content (AvgIpc) is 2.69. The summed E-state index contributed by atoms with van der Waals surface area (Å²) in [5.41, 5.74) is 0.645. The van der Waals surface area contributed by atoms with Crippen molar-refractivity contribution in [3.8, 4) is 0 Å². The summed E-state index contributed by atoms with van der Waals surface area (Å²) in [6.45, 7) is 4.67. The van der Waals surface area contributed by atoms with Crippen molar-refractivity contribution in [2.75, 3.05) is 44.8 Å². The molecule has 2 N–H and O–H groups in total. The van der Waals surface area contributed by atoms with Crippen molar-refractivity contribution in [2.24, 2.45) is 5.92 Å². The Bertz CT molecular complexity index is 447. The highest BCUT2D eigenvalue weighted by molar-refractivity contribution is 5.43. The van der Waals surface area contributed by atoms with Gasteiger partial charge in [-0.15, -0.1) is 0 Å². The van der Waals surface area contributed by atoms with E-state index in [1.165, 1.54) is 12.1 Å². The van der Waals surface area contributed by atoms with Crippen LogP contribution in [0.3, 0.4) is 0 Å². The SMILES string of the molecule is Fc1cccc(NCC2COC3(CNCCOC3)C2)c1. The lowest BCUT2D eigenvalue weighted by atomic mass is 9.94. The largest absolute Gasteiger partial charge is 0.385 e. The van der Waals surface area contributed by atoms with Gasteiger partial charge < -0.3 is 20.1 Å². The predicted octanol–water partition coefficient (Wildman–Crippen LogP) is 1.63. The molecule has 0 amide bonds. The maximum atomic E-state index is 13.1. The van der Waals surface area contributed by atoms with Crippen LogP contribution in [0.4, 0.5) is 10.1 Å². The number of benzene rings is 1. The molecule has 1 aromatic carbocycles. The van der Waals surface area contributed by atoms with Gasteiger partial charge in [-0.05, 0) is 24.6 Å². The van der Waals surface area contributed by atoms with Crippen LogP contribution >= 0.6 is 0 Å². The molecule has 0 aromatic heterocycles. The summed E-state index contributed by atoms with van der Waals surface area (Å²) in [5.74, 6) is 0.220. The van der Waals surface area contributed by atoms with E-state index in [-0.39, 0.29) is 11.4 Å². The Hall–Kier alpha value is -1.17.